The first kappa shape index (κ1) is 9.27. The number of nitrogen functional groups attached to an aromatic ring is 1. The molecule has 0 aliphatic heterocycles. The average molecular weight is 253 g/mol. The topological polar surface area (TPSA) is 52.0 Å². The van der Waals surface area contributed by atoms with Crippen molar-refractivity contribution < 1.29 is 4.52 Å². The van der Waals surface area contributed by atoms with Gasteiger partial charge < -0.3 is 10.3 Å². The van der Waals surface area contributed by atoms with E-state index in [4.69, 9.17) is 10.3 Å². The smallest absolute Gasteiger partial charge is 0.148 e. The van der Waals surface area contributed by atoms with Gasteiger partial charge in [0.15, 0.2) is 0 Å². The van der Waals surface area contributed by atoms with Crippen LogP contribution in [0.2, 0.25) is 0 Å². The number of nitrogens with zero attached hydrogens (tertiary/aromatic N) is 1. The molecule has 0 bridgehead atoms. The fourth-order valence-corrected chi connectivity index (χ4v) is 1.60. The molecule has 0 aliphatic carbocycles. The highest BCUT2D eigenvalue weighted by Crippen LogP contribution is 2.30. The first-order valence-corrected chi connectivity index (χ1v) is 4.95. The summed E-state index contributed by atoms with van der Waals surface area (Å²) in [6, 6.07) is 7.53. The monoisotopic (exact) mass is 252 g/mol. The Morgan fingerprint density at radius 2 is 2.21 bits per heavy atom. The van der Waals surface area contributed by atoms with Crippen LogP contribution in [-0.2, 0) is 0 Å². The van der Waals surface area contributed by atoms with Crippen molar-refractivity contribution in [2.45, 2.75) is 6.92 Å². The summed E-state index contributed by atoms with van der Waals surface area (Å²) < 4.78 is 5.93. The van der Waals surface area contributed by atoms with Gasteiger partial charge in [-0.05, 0) is 35.0 Å². The molecular weight excluding hydrogens is 244 g/mol. The Bertz CT molecular complexity index is 465. The van der Waals surface area contributed by atoms with Crippen molar-refractivity contribution in [1.82, 2.24) is 5.16 Å². The van der Waals surface area contributed by atoms with Gasteiger partial charge in [-0.25, -0.2) is 0 Å². The minimum Gasteiger partial charge on any atom is -0.399 e. The highest BCUT2D eigenvalue weighted by molar-refractivity contribution is 9.10. The van der Waals surface area contributed by atoms with Crippen LogP contribution in [-0.4, -0.2) is 5.16 Å². The molecule has 2 N–H and O–H groups in total. The Balaban J connectivity index is 2.55. The van der Waals surface area contributed by atoms with E-state index in [1.54, 1.807) is 0 Å². The van der Waals surface area contributed by atoms with Crippen LogP contribution in [0, 0.1) is 6.92 Å². The standard InChI is InChI=1S/C10H9BrN2O/c1-6-9(11)10(13-14-6)7-3-2-4-8(12)5-7/h2-5H,12H2,1H3. The molecule has 0 unspecified atom stereocenters. The molecule has 0 aliphatic rings. The number of aromatic nitrogens is 1. The zero-order chi connectivity index (χ0) is 10.1. The number of nitrogens with two attached hydrogens (primary N) is 1. The van der Waals surface area contributed by atoms with Gasteiger partial charge in [-0.1, -0.05) is 17.3 Å². The van der Waals surface area contributed by atoms with Crippen molar-refractivity contribution in [3.8, 4) is 11.3 Å². The van der Waals surface area contributed by atoms with Gasteiger partial charge in [0.1, 0.15) is 11.5 Å². The summed E-state index contributed by atoms with van der Waals surface area (Å²) >= 11 is 3.41. The van der Waals surface area contributed by atoms with E-state index >= 15 is 0 Å². The average Bonchev–Trinajstić information content (AvgIpc) is 2.48. The lowest BCUT2D eigenvalue weighted by Crippen LogP contribution is -1.85. The largest absolute Gasteiger partial charge is 0.399 e. The molecule has 0 saturated heterocycles. The fraction of sp³-hybridized carbons (Fsp3) is 0.100. The molecule has 0 saturated carbocycles. The predicted molar refractivity (Wildman–Crippen MR) is 58.8 cm³/mol. The van der Waals surface area contributed by atoms with Crippen LogP contribution in [0.4, 0.5) is 5.69 Å². The van der Waals surface area contributed by atoms with Crippen molar-refractivity contribution in [3.63, 3.8) is 0 Å². The SMILES string of the molecule is Cc1onc(-c2cccc(N)c2)c1Br. The highest BCUT2D eigenvalue weighted by atomic mass is 79.9. The van der Waals surface area contributed by atoms with Crippen LogP contribution in [0.15, 0.2) is 33.3 Å². The number of benzene rings is 1. The van der Waals surface area contributed by atoms with Gasteiger partial charge >= 0.3 is 0 Å². The van der Waals surface area contributed by atoms with Gasteiger partial charge in [0.05, 0.1) is 4.47 Å². The lowest BCUT2D eigenvalue weighted by molar-refractivity contribution is 0.399. The van der Waals surface area contributed by atoms with Gasteiger partial charge in [-0.3, -0.25) is 0 Å². The van der Waals surface area contributed by atoms with E-state index in [2.05, 4.69) is 21.1 Å². The molecule has 1 heterocycles. The number of hydrogen-bond acceptors (Lipinski definition) is 3. The second-order valence-corrected chi connectivity index (χ2v) is 3.82. The normalized spacial score (nSPS) is 10.4. The third kappa shape index (κ3) is 1.53. The van der Waals surface area contributed by atoms with Crippen molar-refractivity contribution in [2.24, 2.45) is 0 Å². The molecule has 0 atom stereocenters. The van der Waals surface area contributed by atoms with E-state index in [9.17, 15) is 0 Å². The van der Waals surface area contributed by atoms with E-state index in [-0.39, 0.29) is 0 Å². The number of aryl methyl sites for hydroxylation is 1. The molecule has 1 aromatic heterocycles. The molecule has 2 aromatic rings. The van der Waals surface area contributed by atoms with Crippen molar-refractivity contribution in [3.05, 3.63) is 34.5 Å². The maximum Gasteiger partial charge on any atom is 0.148 e. The molecule has 72 valence electrons. The van der Waals surface area contributed by atoms with E-state index in [0.29, 0.717) is 0 Å². The van der Waals surface area contributed by atoms with Crippen molar-refractivity contribution >= 4 is 21.6 Å². The quantitative estimate of drug-likeness (QED) is 0.795. The van der Waals surface area contributed by atoms with E-state index in [1.807, 2.05) is 31.2 Å². The van der Waals surface area contributed by atoms with Crippen molar-refractivity contribution in [1.29, 1.82) is 0 Å². The summed E-state index contributed by atoms with van der Waals surface area (Å²) in [5.41, 5.74) is 8.14. The minimum absolute atomic E-state index is 0.718. The molecule has 14 heavy (non-hydrogen) atoms. The molecule has 2 rings (SSSR count). The third-order valence-electron chi connectivity index (χ3n) is 1.95. The molecule has 4 heteroatoms. The second kappa shape index (κ2) is 3.46. The Morgan fingerprint density at radius 1 is 1.43 bits per heavy atom. The number of rotatable bonds is 1. The van der Waals surface area contributed by atoms with Crippen LogP contribution in [0.3, 0.4) is 0 Å². The molecule has 1 aromatic carbocycles. The molecule has 0 fully saturated rings. The molecule has 3 nitrogen and oxygen atoms in total. The lowest BCUT2D eigenvalue weighted by atomic mass is 10.1. The fourth-order valence-electron chi connectivity index (χ4n) is 1.23. The van der Waals surface area contributed by atoms with Gasteiger partial charge in [0, 0.05) is 11.3 Å². The van der Waals surface area contributed by atoms with Crippen LogP contribution < -0.4 is 5.73 Å². The molecule has 0 amide bonds. The summed E-state index contributed by atoms with van der Waals surface area (Å²) in [4.78, 5) is 0. The van der Waals surface area contributed by atoms with Gasteiger partial charge in [0.2, 0.25) is 0 Å². The minimum atomic E-state index is 0.718. The number of halogens is 1. The summed E-state index contributed by atoms with van der Waals surface area (Å²) in [7, 11) is 0. The molecular formula is C10H9BrN2O. The maximum atomic E-state index is 5.68. The van der Waals surface area contributed by atoms with Crippen molar-refractivity contribution in [2.75, 3.05) is 5.73 Å². The summed E-state index contributed by atoms with van der Waals surface area (Å²) in [5.74, 6) is 0.766. The highest BCUT2D eigenvalue weighted by Gasteiger charge is 2.11. The molecule has 0 spiro atoms. The second-order valence-electron chi connectivity index (χ2n) is 3.03. The first-order valence-electron chi connectivity index (χ1n) is 4.16. The van der Waals surface area contributed by atoms with Gasteiger partial charge in [-0.15, -0.1) is 0 Å². The van der Waals surface area contributed by atoms with Gasteiger partial charge in [0.25, 0.3) is 0 Å². The lowest BCUT2D eigenvalue weighted by Gasteiger charge is -1.97. The first-order chi connectivity index (χ1) is 6.68. The number of hydrogen-bond donors (Lipinski definition) is 1. The summed E-state index contributed by atoms with van der Waals surface area (Å²) in [6.07, 6.45) is 0. The van der Waals surface area contributed by atoms with Gasteiger partial charge in [-0.2, -0.15) is 0 Å². The number of anilines is 1. The zero-order valence-electron chi connectivity index (χ0n) is 7.62. The van der Waals surface area contributed by atoms with Crippen LogP contribution in [0.1, 0.15) is 5.76 Å². The predicted octanol–water partition coefficient (Wildman–Crippen LogP) is 2.99. The third-order valence-corrected chi connectivity index (χ3v) is 2.88. The summed E-state index contributed by atoms with van der Waals surface area (Å²) in [5, 5.41) is 3.95. The van der Waals surface area contributed by atoms with E-state index < -0.39 is 0 Å². The van der Waals surface area contributed by atoms with Crippen LogP contribution in [0.5, 0.6) is 0 Å². The van der Waals surface area contributed by atoms with E-state index in [0.717, 1.165) is 27.2 Å². The van der Waals surface area contributed by atoms with Crippen LogP contribution in [0.25, 0.3) is 11.3 Å². The maximum absolute atomic E-state index is 5.68. The Labute approximate surface area is 90.0 Å². The summed E-state index contributed by atoms with van der Waals surface area (Å²) in [6.45, 7) is 1.85. The Hall–Kier alpha value is -1.29. The zero-order valence-corrected chi connectivity index (χ0v) is 9.21. The Kier molecular flexibility index (Phi) is 2.29. The Morgan fingerprint density at radius 3 is 2.79 bits per heavy atom. The van der Waals surface area contributed by atoms with E-state index in [1.165, 1.54) is 0 Å². The molecule has 0 radical (unpaired) electrons. The van der Waals surface area contributed by atoms with Crippen LogP contribution >= 0.6 is 15.9 Å².